The Labute approximate surface area is 112 Å². The Morgan fingerprint density at radius 3 is 1.35 bits per heavy atom. The van der Waals surface area contributed by atoms with Crippen LogP contribution in [-0.4, -0.2) is 79.5 Å². The van der Waals surface area contributed by atoms with Crippen LogP contribution in [0.3, 0.4) is 0 Å². The van der Waals surface area contributed by atoms with Crippen LogP contribution in [-0.2, 0) is 19.2 Å². The number of aliphatic hydroxyl groups is 1. The molecule has 0 aliphatic heterocycles. The van der Waals surface area contributed by atoms with E-state index in [2.05, 4.69) is 0 Å². The summed E-state index contributed by atoms with van der Waals surface area (Å²) < 4.78 is 0. The predicted octanol–water partition coefficient (Wildman–Crippen LogP) is -1.86. The lowest BCUT2D eigenvalue weighted by molar-refractivity contribution is -0.165. The molecule has 0 atom stereocenters. The van der Waals surface area contributed by atoms with Crippen molar-refractivity contribution >= 4 is 23.9 Å². The van der Waals surface area contributed by atoms with Crippen molar-refractivity contribution in [3.05, 3.63) is 0 Å². The van der Waals surface area contributed by atoms with Crippen molar-refractivity contribution in [3.8, 4) is 0 Å². The van der Waals surface area contributed by atoms with Gasteiger partial charge < -0.3 is 25.5 Å². The standard InChI is InChI=1S/C10H15NO9/c12-4-2-1-3-11(5(7(13)14)8(15)16)6(9(17)18)10(19)20/h5-6,12H,1-4H2,(H,13,14)(H,15,16)(H,17,18)(H,19,20). The summed E-state index contributed by atoms with van der Waals surface area (Å²) in [5.74, 6) is -7.47. The average molecular weight is 293 g/mol. The topological polar surface area (TPSA) is 173 Å². The number of nitrogens with zero attached hydrogens (tertiary/aromatic N) is 1. The molecule has 0 aromatic carbocycles. The lowest BCUT2D eigenvalue weighted by Gasteiger charge is -2.28. The van der Waals surface area contributed by atoms with Gasteiger partial charge in [0.05, 0.1) is 0 Å². The van der Waals surface area contributed by atoms with E-state index in [0.29, 0.717) is 4.90 Å². The minimum atomic E-state index is -2.30. The van der Waals surface area contributed by atoms with E-state index in [1.165, 1.54) is 0 Å². The number of unbranched alkanes of at least 4 members (excludes halogenated alkanes) is 1. The summed E-state index contributed by atoms with van der Waals surface area (Å²) in [6.07, 6.45) is 0.193. The van der Waals surface area contributed by atoms with E-state index < -0.39 is 42.5 Å². The van der Waals surface area contributed by atoms with Gasteiger partial charge in [-0.2, -0.15) is 0 Å². The van der Waals surface area contributed by atoms with E-state index in [0.717, 1.165) is 0 Å². The van der Waals surface area contributed by atoms with E-state index in [-0.39, 0.29) is 19.4 Å². The second-order valence-corrected chi connectivity index (χ2v) is 3.83. The van der Waals surface area contributed by atoms with Crippen LogP contribution in [0.15, 0.2) is 0 Å². The van der Waals surface area contributed by atoms with Crippen molar-refractivity contribution in [3.63, 3.8) is 0 Å². The van der Waals surface area contributed by atoms with Crippen molar-refractivity contribution in [1.29, 1.82) is 0 Å². The fraction of sp³-hybridized carbons (Fsp3) is 0.600. The first-order valence-electron chi connectivity index (χ1n) is 5.51. The van der Waals surface area contributed by atoms with Gasteiger partial charge in [0, 0.05) is 13.2 Å². The highest BCUT2D eigenvalue weighted by Crippen LogP contribution is 2.11. The highest BCUT2D eigenvalue weighted by molar-refractivity contribution is 6.02. The second kappa shape index (κ2) is 8.07. The molecule has 5 N–H and O–H groups in total. The van der Waals surface area contributed by atoms with Gasteiger partial charge in [-0.3, -0.25) is 4.90 Å². The quantitative estimate of drug-likeness (QED) is 0.227. The summed E-state index contributed by atoms with van der Waals surface area (Å²) >= 11 is 0. The van der Waals surface area contributed by atoms with Crippen LogP contribution in [0.25, 0.3) is 0 Å². The van der Waals surface area contributed by atoms with Crippen LogP contribution in [0.1, 0.15) is 12.8 Å². The first-order chi connectivity index (χ1) is 9.23. The number of hydrogen-bond donors (Lipinski definition) is 5. The first kappa shape index (κ1) is 17.8. The van der Waals surface area contributed by atoms with Gasteiger partial charge in [0.15, 0.2) is 0 Å². The maximum absolute atomic E-state index is 10.9. The highest BCUT2D eigenvalue weighted by atomic mass is 16.4. The van der Waals surface area contributed by atoms with Gasteiger partial charge in [0.1, 0.15) is 0 Å². The molecule has 0 aliphatic rings. The molecule has 10 heteroatoms. The number of carboxylic acids is 4. The van der Waals surface area contributed by atoms with Crippen molar-refractivity contribution in [2.24, 2.45) is 0 Å². The molecule has 0 aromatic rings. The van der Waals surface area contributed by atoms with Crippen molar-refractivity contribution in [2.75, 3.05) is 13.2 Å². The third kappa shape index (κ3) is 4.82. The van der Waals surface area contributed by atoms with Crippen molar-refractivity contribution < 1.29 is 44.7 Å². The number of aliphatic carboxylic acids is 4. The Kier molecular flexibility index (Phi) is 7.18. The zero-order chi connectivity index (χ0) is 15.9. The van der Waals surface area contributed by atoms with E-state index in [9.17, 15) is 19.2 Å². The normalized spacial score (nSPS) is 11.0. The first-order valence-corrected chi connectivity index (χ1v) is 5.51. The van der Waals surface area contributed by atoms with Crippen LogP contribution in [0.2, 0.25) is 0 Å². The molecule has 0 aliphatic carbocycles. The molecule has 0 unspecified atom stereocenters. The maximum atomic E-state index is 10.9. The van der Waals surface area contributed by atoms with Gasteiger partial charge in [0.25, 0.3) is 0 Å². The lowest BCUT2D eigenvalue weighted by atomic mass is 10.1. The summed E-state index contributed by atoms with van der Waals surface area (Å²) in [4.78, 5) is 44.0. The molecular formula is C10H15NO9. The monoisotopic (exact) mass is 293 g/mol. The highest BCUT2D eigenvalue weighted by Gasteiger charge is 2.43. The van der Waals surface area contributed by atoms with Crippen LogP contribution >= 0.6 is 0 Å². The Morgan fingerprint density at radius 1 is 0.750 bits per heavy atom. The van der Waals surface area contributed by atoms with Gasteiger partial charge in [-0.05, 0) is 12.8 Å². The maximum Gasteiger partial charge on any atom is 0.332 e. The molecular weight excluding hydrogens is 278 g/mol. The largest absolute Gasteiger partial charge is 0.480 e. The number of hydrogen-bond acceptors (Lipinski definition) is 6. The fourth-order valence-corrected chi connectivity index (χ4v) is 1.59. The fourth-order valence-electron chi connectivity index (χ4n) is 1.59. The molecule has 0 bridgehead atoms. The summed E-state index contributed by atoms with van der Waals surface area (Å²) in [6.45, 7) is -0.684. The van der Waals surface area contributed by atoms with Gasteiger partial charge >= 0.3 is 23.9 Å². The molecule has 10 nitrogen and oxygen atoms in total. The molecule has 0 aromatic heterocycles. The molecule has 0 heterocycles. The molecule has 0 fully saturated rings. The summed E-state index contributed by atoms with van der Waals surface area (Å²) in [6, 6.07) is -4.60. The Morgan fingerprint density at radius 2 is 1.10 bits per heavy atom. The van der Waals surface area contributed by atoms with Crippen molar-refractivity contribution in [2.45, 2.75) is 24.9 Å². The van der Waals surface area contributed by atoms with Crippen LogP contribution in [0.4, 0.5) is 0 Å². The number of carbonyl (C=O) groups is 4. The second-order valence-electron chi connectivity index (χ2n) is 3.83. The summed E-state index contributed by atoms with van der Waals surface area (Å²) in [5, 5.41) is 43.9. The molecule has 0 saturated heterocycles. The Hall–Kier alpha value is -2.20. The molecule has 0 spiro atoms. The minimum absolute atomic E-state index is 0.0462. The van der Waals surface area contributed by atoms with Crippen LogP contribution in [0, 0.1) is 0 Å². The molecule has 114 valence electrons. The zero-order valence-electron chi connectivity index (χ0n) is 10.3. The van der Waals surface area contributed by atoms with E-state index in [1.807, 2.05) is 0 Å². The van der Waals surface area contributed by atoms with Gasteiger partial charge in [-0.15, -0.1) is 0 Å². The smallest absolute Gasteiger partial charge is 0.332 e. The van der Waals surface area contributed by atoms with E-state index >= 15 is 0 Å². The zero-order valence-corrected chi connectivity index (χ0v) is 10.3. The third-order valence-corrected chi connectivity index (χ3v) is 2.42. The molecule has 0 radical (unpaired) electrons. The molecule has 0 amide bonds. The van der Waals surface area contributed by atoms with Gasteiger partial charge in [-0.25, -0.2) is 19.2 Å². The number of aliphatic hydroxyl groups excluding tert-OH is 1. The van der Waals surface area contributed by atoms with Crippen LogP contribution < -0.4 is 0 Å². The minimum Gasteiger partial charge on any atom is -0.480 e. The molecule has 0 rings (SSSR count). The average Bonchev–Trinajstić information content (AvgIpc) is 2.26. The Bertz CT molecular complexity index is 334. The van der Waals surface area contributed by atoms with Crippen LogP contribution in [0.5, 0.6) is 0 Å². The molecule has 0 saturated carbocycles. The van der Waals surface area contributed by atoms with E-state index in [1.54, 1.807) is 0 Å². The Balaban J connectivity index is 5.42. The van der Waals surface area contributed by atoms with Gasteiger partial charge in [-0.1, -0.05) is 0 Å². The molecule has 20 heavy (non-hydrogen) atoms. The number of rotatable bonds is 10. The SMILES string of the molecule is O=C(O)C(C(=O)O)N(CCCCO)C(C(=O)O)C(=O)O. The summed E-state index contributed by atoms with van der Waals surface area (Å²) in [5.41, 5.74) is 0. The van der Waals surface area contributed by atoms with E-state index in [4.69, 9.17) is 25.5 Å². The summed E-state index contributed by atoms with van der Waals surface area (Å²) in [7, 11) is 0. The number of carboxylic acid groups (broad SMARTS) is 4. The van der Waals surface area contributed by atoms with Gasteiger partial charge in [0.2, 0.25) is 12.1 Å². The third-order valence-electron chi connectivity index (χ3n) is 2.42. The lowest BCUT2D eigenvalue weighted by Crippen LogP contribution is -2.57. The predicted molar refractivity (Wildman–Crippen MR) is 61.1 cm³/mol. The van der Waals surface area contributed by atoms with Crippen molar-refractivity contribution in [1.82, 2.24) is 4.90 Å².